The molecule has 1 aromatic rings. The zero-order chi connectivity index (χ0) is 10.9. The molecule has 0 bridgehead atoms. The van der Waals surface area contributed by atoms with E-state index in [0.717, 1.165) is 32.5 Å². The Labute approximate surface area is 103 Å². The van der Waals surface area contributed by atoms with Crippen LogP contribution >= 0.6 is 27.3 Å². The van der Waals surface area contributed by atoms with Crippen LogP contribution in [0.3, 0.4) is 0 Å². The Kier molecular flexibility index (Phi) is 3.50. The van der Waals surface area contributed by atoms with Gasteiger partial charge in [0.15, 0.2) is 0 Å². The first-order valence-electron chi connectivity index (χ1n) is 5.24. The molecule has 0 aliphatic carbocycles. The molecule has 1 fully saturated rings. The van der Waals surface area contributed by atoms with Gasteiger partial charge in [0.1, 0.15) is 0 Å². The number of piperidine rings is 1. The van der Waals surface area contributed by atoms with E-state index in [1.165, 1.54) is 8.66 Å². The highest BCUT2D eigenvalue weighted by Crippen LogP contribution is 2.26. The van der Waals surface area contributed by atoms with Gasteiger partial charge in [0.2, 0.25) is 0 Å². The molecule has 4 heteroatoms. The molecule has 1 aromatic heterocycles. The summed E-state index contributed by atoms with van der Waals surface area (Å²) in [5.74, 6) is 0. The first kappa shape index (κ1) is 11.6. The Bertz CT molecular complexity index is 327. The molecule has 1 aliphatic rings. The fourth-order valence-electron chi connectivity index (χ4n) is 1.85. The quantitative estimate of drug-likeness (QED) is 0.905. The minimum atomic E-state index is -0.438. The Morgan fingerprint density at radius 3 is 2.67 bits per heavy atom. The summed E-state index contributed by atoms with van der Waals surface area (Å²) in [4.78, 5) is 3.80. The molecule has 0 unspecified atom stereocenters. The van der Waals surface area contributed by atoms with Crippen LogP contribution in [-0.2, 0) is 6.54 Å². The Balaban J connectivity index is 1.87. The summed E-state index contributed by atoms with van der Waals surface area (Å²) in [5.41, 5.74) is -0.438. The molecule has 1 aliphatic heterocycles. The molecule has 0 radical (unpaired) electrons. The van der Waals surface area contributed by atoms with Gasteiger partial charge in [0.25, 0.3) is 0 Å². The molecule has 15 heavy (non-hydrogen) atoms. The van der Waals surface area contributed by atoms with Crippen LogP contribution < -0.4 is 0 Å². The SMILES string of the molecule is CC1(O)CCN(Cc2ccc(Br)s2)CC1. The molecule has 2 nitrogen and oxygen atoms in total. The number of nitrogens with zero attached hydrogens (tertiary/aromatic N) is 1. The number of hydrogen-bond acceptors (Lipinski definition) is 3. The van der Waals surface area contributed by atoms with Gasteiger partial charge >= 0.3 is 0 Å². The highest BCUT2D eigenvalue weighted by molar-refractivity contribution is 9.11. The van der Waals surface area contributed by atoms with Crippen molar-refractivity contribution in [2.75, 3.05) is 13.1 Å². The minimum absolute atomic E-state index is 0.438. The lowest BCUT2D eigenvalue weighted by Crippen LogP contribution is -2.41. The second-order valence-electron chi connectivity index (χ2n) is 4.48. The molecule has 0 amide bonds. The van der Waals surface area contributed by atoms with Crippen LogP contribution in [0.25, 0.3) is 0 Å². The zero-order valence-electron chi connectivity index (χ0n) is 8.87. The molecular weight excluding hydrogens is 274 g/mol. The number of thiophene rings is 1. The first-order valence-corrected chi connectivity index (χ1v) is 6.85. The Morgan fingerprint density at radius 1 is 1.47 bits per heavy atom. The molecule has 84 valence electrons. The summed E-state index contributed by atoms with van der Waals surface area (Å²) in [6, 6.07) is 4.27. The van der Waals surface area contributed by atoms with E-state index in [2.05, 4.69) is 33.0 Å². The van der Waals surface area contributed by atoms with Crippen molar-refractivity contribution in [3.05, 3.63) is 20.8 Å². The van der Waals surface area contributed by atoms with Gasteiger partial charge in [0.05, 0.1) is 9.39 Å². The van der Waals surface area contributed by atoms with E-state index >= 15 is 0 Å². The third-order valence-corrected chi connectivity index (χ3v) is 4.55. The zero-order valence-corrected chi connectivity index (χ0v) is 11.3. The van der Waals surface area contributed by atoms with E-state index in [1.54, 1.807) is 11.3 Å². The van der Waals surface area contributed by atoms with E-state index < -0.39 is 5.60 Å². The van der Waals surface area contributed by atoms with Crippen LogP contribution in [0.5, 0.6) is 0 Å². The fourth-order valence-corrected chi connectivity index (χ4v) is 3.38. The Morgan fingerprint density at radius 2 is 2.13 bits per heavy atom. The lowest BCUT2D eigenvalue weighted by molar-refractivity contribution is -0.00706. The van der Waals surface area contributed by atoms with E-state index in [1.807, 2.05) is 6.92 Å². The molecule has 0 aromatic carbocycles. The second-order valence-corrected chi connectivity index (χ2v) is 7.03. The van der Waals surface area contributed by atoms with Gasteiger partial charge in [-0.05, 0) is 47.8 Å². The topological polar surface area (TPSA) is 23.5 Å². The monoisotopic (exact) mass is 289 g/mol. The van der Waals surface area contributed by atoms with Gasteiger partial charge in [-0.2, -0.15) is 0 Å². The molecule has 2 rings (SSSR count). The minimum Gasteiger partial charge on any atom is -0.390 e. The van der Waals surface area contributed by atoms with Crippen LogP contribution in [0.1, 0.15) is 24.6 Å². The maximum atomic E-state index is 9.83. The number of rotatable bonds is 2. The lowest BCUT2D eigenvalue weighted by atomic mass is 9.94. The number of aliphatic hydroxyl groups is 1. The molecule has 2 heterocycles. The van der Waals surface area contributed by atoms with Crippen LogP contribution in [-0.4, -0.2) is 28.7 Å². The van der Waals surface area contributed by atoms with Crippen molar-refractivity contribution in [1.29, 1.82) is 0 Å². The second kappa shape index (κ2) is 4.53. The van der Waals surface area contributed by atoms with Crippen molar-refractivity contribution in [3.63, 3.8) is 0 Å². The largest absolute Gasteiger partial charge is 0.390 e. The highest BCUT2D eigenvalue weighted by Gasteiger charge is 2.27. The average Bonchev–Trinajstić information content (AvgIpc) is 2.55. The van der Waals surface area contributed by atoms with Crippen LogP contribution in [0.2, 0.25) is 0 Å². The van der Waals surface area contributed by atoms with E-state index in [9.17, 15) is 5.11 Å². The first-order chi connectivity index (χ1) is 7.05. The van der Waals surface area contributed by atoms with Gasteiger partial charge in [-0.3, -0.25) is 4.90 Å². The molecule has 0 saturated carbocycles. The van der Waals surface area contributed by atoms with Crippen molar-refractivity contribution in [2.45, 2.75) is 31.9 Å². The summed E-state index contributed by atoms with van der Waals surface area (Å²) in [6.45, 7) is 4.96. The normalized spacial score (nSPS) is 21.8. The Hall–Kier alpha value is 0.1000. The third-order valence-electron chi connectivity index (χ3n) is 2.94. The van der Waals surface area contributed by atoms with E-state index in [4.69, 9.17) is 0 Å². The average molecular weight is 290 g/mol. The van der Waals surface area contributed by atoms with Gasteiger partial charge in [-0.1, -0.05) is 0 Å². The summed E-state index contributed by atoms with van der Waals surface area (Å²) in [5, 5.41) is 9.83. The molecule has 0 atom stereocenters. The smallest absolute Gasteiger partial charge is 0.0701 e. The van der Waals surface area contributed by atoms with Crippen LogP contribution in [0.4, 0.5) is 0 Å². The number of likely N-dealkylation sites (tertiary alicyclic amines) is 1. The van der Waals surface area contributed by atoms with Crippen molar-refractivity contribution in [1.82, 2.24) is 4.90 Å². The lowest BCUT2D eigenvalue weighted by Gasteiger charge is -2.35. The molecule has 1 N–H and O–H groups in total. The molecule has 1 saturated heterocycles. The maximum Gasteiger partial charge on any atom is 0.0701 e. The fraction of sp³-hybridized carbons (Fsp3) is 0.636. The van der Waals surface area contributed by atoms with Gasteiger partial charge in [-0.25, -0.2) is 0 Å². The summed E-state index contributed by atoms with van der Waals surface area (Å²) >= 11 is 5.27. The number of halogens is 1. The van der Waals surface area contributed by atoms with Crippen LogP contribution in [0, 0.1) is 0 Å². The number of hydrogen-bond donors (Lipinski definition) is 1. The third kappa shape index (κ3) is 3.28. The van der Waals surface area contributed by atoms with Crippen molar-refractivity contribution in [2.24, 2.45) is 0 Å². The maximum absolute atomic E-state index is 9.83. The molecular formula is C11H16BrNOS. The van der Waals surface area contributed by atoms with Crippen LogP contribution in [0.15, 0.2) is 15.9 Å². The van der Waals surface area contributed by atoms with Gasteiger partial charge in [-0.15, -0.1) is 11.3 Å². The molecule has 0 spiro atoms. The van der Waals surface area contributed by atoms with Gasteiger partial charge in [0, 0.05) is 24.5 Å². The predicted molar refractivity (Wildman–Crippen MR) is 67.2 cm³/mol. The van der Waals surface area contributed by atoms with E-state index in [-0.39, 0.29) is 0 Å². The van der Waals surface area contributed by atoms with Crippen molar-refractivity contribution in [3.8, 4) is 0 Å². The summed E-state index contributed by atoms with van der Waals surface area (Å²) in [6.07, 6.45) is 1.78. The highest BCUT2D eigenvalue weighted by atomic mass is 79.9. The van der Waals surface area contributed by atoms with E-state index in [0.29, 0.717) is 0 Å². The van der Waals surface area contributed by atoms with Crippen molar-refractivity contribution < 1.29 is 5.11 Å². The summed E-state index contributed by atoms with van der Waals surface area (Å²) in [7, 11) is 0. The summed E-state index contributed by atoms with van der Waals surface area (Å²) < 4.78 is 1.20. The standard InChI is InChI=1S/C11H16BrNOS/c1-11(14)4-6-13(7-5-11)8-9-2-3-10(12)15-9/h2-3,14H,4-8H2,1H3. The van der Waals surface area contributed by atoms with Gasteiger partial charge < -0.3 is 5.11 Å². The predicted octanol–water partition coefficient (Wildman–Crippen LogP) is 2.86. The van der Waals surface area contributed by atoms with Crippen molar-refractivity contribution >= 4 is 27.3 Å².